The van der Waals surface area contributed by atoms with Gasteiger partial charge in [-0.25, -0.2) is 0 Å². The third kappa shape index (κ3) is 10.5. The van der Waals surface area contributed by atoms with Crippen molar-refractivity contribution in [3.63, 3.8) is 0 Å². The third-order valence-electron chi connectivity index (χ3n) is 13.0. The molecule has 8 rings (SSSR count). The zero-order valence-electron chi connectivity index (χ0n) is 38.1. The van der Waals surface area contributed by atoms with Crippen molar-refractivity contribution in [1.29, 1.82) is 0 Å². The fraction of sp³-hybridized carbons (Fsp3) is 0.292. The Morgan fingerprint density at radius 1 is 0.662 bits per heavy atom. The monoisotopic (exact) mass is 1030 g/mol. The molecular weight excluding hydrogens is 978 g/mol. The van der Waals surface area contributed by atoms with Crippen molar-refractivity contribution >= 4 is 84.7 Å². The predicted octanol–water partition coefficient (Wildman–Crippen LogP) is 5.23. The van der Waals surface area contributed by atoms with E-state index in [1.54, 1.807) is 36.7 Å². The van der Waals surface area contributed by atoms with Gasteiger partial charge in [0, 0.05) is 59.9 Å². The van der Waals surface area contributed by atoms with Crippen molar-refractivity contribution in [2.45, 2.75) is 74.0 Å². The quantitative estimate of drug-likeness (QED) is 0.0634. The van der Waals surface area contributed by atoms with Crippen LogP contribution in [0.25, 0.3) is 27.1 Å². The van der Waals surface area contributed by atoms with Crippen molar-refractivity contribution < 1.29 is 108 Å². The Labute approximate surface area is 439 Å². The second-order valence-corrected chi connectivity index (χ2v) is 24.1. The number of hydrogen-bond acceptors (Lipinski definition) is 10. The van der Waals surface area contributed by atoms with Gasteiger partial charge in [-0.3, -0.25) is 23.2 Å². The van der Waals surface area contributed by atoms with Crippen LogP contribution < -0.4 is 56.3 Å². The number of anilines is 1. The first-order valence-corrected chi connectivity index (χ1v) is 27.5. The molecule has 0 amide bonds. The Balaban J connectivity index is 0.00000684. The van der Waals surface area contributed by atoms with Gasteiger partial charge in [0.1, 0.15) is 6.54 Å². The average Bonchev–Trinajstić information content (AvgIpc) is 3.81. The first kappa shape index (κ1) is 52.1. The van der Waals surface area contributed by atoms with Crippen LogP contribution in [0.15, 0.2) is 136 Å². The molecule has 5 aromatic rings. The van der Waals surface area contributed by atoms with Gasteiger partial charge in [-0.05, 0) is 137 Å². The molecule has 1 aliphatic carbocycles. The van der Waals surface area contributed by atoms with Gasteiger partial charge in [0.05, 0.1) is 26.7 Å². The number of pyridine rings is 1. The molecule has 0 atom stereocenters. The summed E-state index contributed by atoms with van der Waals surface area (Å²) in [7, 11) is -17.4. The predicted molar refractivity (Wildman–Crippen MR) is 258 cm³/mol. The van der Waals surface area contributed by atoms with E-state index >= 15 is 0 Å². The van der Waals surface area contributed by atoms with Crippen LogP contribution in [0.2, 0.25) is 0 Å². The molecule has 4 aromatic carbocycles. The maximum Gasteiger partial charge on any atom is 1.00 e. The second-order valence-electron chi connectivity index (χ2n) is 18.1. The van der Waals surface area contributed by atoms with Gasteiger partial charge in [0.25, 0.3) is 40.5 Å². The van der Waals surface area contributed by atoms with Crippen molar-refractivity contribution in [1.82, 2.24) is 4.98 Å². The Hall–Kier alpha value is -3.74. The summed E-state index contributed by atoms with van der Waals surface area (Å²) in [5, 5.41) is 2.71. The van der Waals surface area contributed by atoms with E-state index in [1.165, 1.54) is 24.3 Å². The van der Waals surface area contributed by atoms with Crippen LogP contribution in [0.3, 0.4) is 0 Å². The summed E-state index contributed by atoms with van der Waals surface area (Å²) in [5.41, 5.74) is 7.56. The van der Waals surface area contributed by atoms with Gasteiger partial charge in [-0.2, -0.15) is 38.2 Å². The van der Waals surface area contributed by atoms with E-state index in [0.717, 1.165) is 67.0 Å². The first-order chi connectivity index (χ1) is 31.3. The standard InChI is InChI=1S/C48H49N3O12S4.K/c1-47(2)42(50(25-5-27-64(52,53)54)40-17-9-34-29-36(66(58,59)60)13-15-38(34)45(40)47)19-11-31-7-8-32(44(31)33-21-23-49-24-22-33)12-20-43-48(3,4)46-39-16-14-37(67(61,62)63)30-35(39)10-18-41(46)51(43)26-6-28-65(55,56)57;/h9-24,29-30H,5-8,25-28H2,1-4H3,(H3-,52,53,54,55,56,57,58,59,60,61,62,63);/q;+1/p+1. The number of rotatable bonds is 14. The summed E-state index contributed by atoms with van der Waals surface area (Å²) in [6.07, 6.45) is 13.1. The molecule has 0 saturated carbocycles. The van der Waals surface area contributed by atoms with E-state index in [9.17, 15) is 51.9 Å². The number of nitrogens with zero attached hydrogens (tertiary/aromatic N) is 3. The second kappa shape index (κ2) is 19.1. The summed E-state index contributed by atoms with van der Waals surface area (Å²) in [6, 6.07) is 19.9. The van der Waals surface area contributed by atoms with Crippen LogP contribution in [0, 0.1) is 0 Å². The summed E-state index contributed by atoms with van der Waals surface area (Å²) in [5.74, 6) is -0.902. The molecule has 0 fully saturated rings. The summed E-state index contributed by atoms with van der Waals surface area (Å²) < 4.78 is 136. The molecule has 0 spiro atoms. The molecule has 68 heavy (non-hydrogen) atoms. The van der Waals surface area contributed by atoms with Gasteiger partial charge < -0.3 is 4.90 Å². The van der Waals surface area contributed by atoms with Gasteiger partial charge in [-0.15, -0.1) is 0 Å². The Kier molecular flexibility index (Phi) is 14.6. The summed E-state index contributed by atoms with van der Waals surface area (Å²) >= 11 is 0. The molecular formula is C48H50KN3O12S4+2. The fourth-order valence-electron chi connectivity index (χ4n) is 10.1. The summed E-state index contributed by atoms with van der Waals surface area (Å²) in [4.78, 5) is 5.81. The van der Waals surface area contributed by atoms with Crippen LogP contribution in [-0.2, 0) is 51.3 Å². The SMILES string of the molecule is CC1(C)C(/C=C/C2=C(c3ccncc3)C(=C/C=C3/N(CCCS(=O)(=O)O)c4ccc5cc(S(=O)(=O)O)ccc5c4C3(C)C)/CC2)=[N+](CCCS(=O)(=O)O)c2ccc3cc(S(=O)(=O)O)ccc3c21.[K+]. The number of fused-ring (bicyclic) bond motifs is 6. The normalized spacial score (nSPS) is 18.4. The van der Waals surface area contributed by atoms with Crippen molar-refractivity contribution in [3.05, 3.63) is 143 Å². The smallest absolute Gasteiger partial charge is 0.344 e. The molecule has 1 aromatic heterocycles. The van der Waals surface area contributed by atoms with Crippen LogP contribution in [0.5, 0.6) is 0 Å². The minimum Gasteiger partial charge on any atom is -0.344 e. The summed E-state index contributed by atoms with van der Waals surface area (Å²) in [6.45, 7) is 8.64. The third-order valence-corrected chi connectivity index (χ3v) is 16.3. The van der Waals surface area contributed by atoms with Gasteiger partial charge >= 0.3 is 51.4 Å². The number of benzene rings is 4. The number of allylic oxidation sites excluding steroid dienone is 8. The van der Waals surface area contributed by atoms with Crippen LogP contribution >= 0.6 is 0 Å². The minimum absolute atomic E-state index is 0. The molecule has 20 heteroatoms. The maximum atomic E-state index is 12.0. The largest absolute Gasteiger partial charge is 1.00 e. The first-order valence-electron chi connectivity index (χ1n) is 21.4. The zero-order chi connectivity index (χ0) is 48.5. The van der Waals surface area contributed by atoms with Crippen molar-refractivity contribution in [2.24, 2.45) is 0 Å². The van der Waals surface area contributed by atoms with Crippen LogP contribution in [0.1, 0.15) is 70.1 Å². The van der Waals surface area contributed by atoms with Crippen molar-refractivity contribution in [3.8, 4) is 0 Å². The molecule has 2 aliphatic heterocycles. The minimum atomic E-state index is -4.47. The van der Waals surface area contributed by atoms with Crippen molar-refractivity contribution in [2.75, 3.05) is 29.5 Å². The van der Waals surface area contributed by atoms with Crippen LogP contribution in [0.4, 0.5) is 11.4 Å². The van der Waals surface area contributed by atoms with E-state index in [2.05, 4.69) is 17.1 Å². The Morgan fingerprint density at radius 3 is 1.82 bits per heavy atom. The van der Waals surface area contributed by atoms with Crippen LogP contribution in [-0.4, -0.2) is 91.7 Å². The molecule has 352 valence electrons. The molecule has 3 heterocycles. The molecule has 15 nitrogen and oxygen atoms in total. The average molecular weight is 1030 g/mol. The van der Waals surface area contributed by atoms with Gasteiger partial charge in [-0.1, -0.05) is 44.2 Å². The van der Waals surface area contributed by atoms with E-state index in [4.69, 9.17) is 0 Å². The van der Waals surface area contributed by atoms with Gasteiger partial charge in [0.2, 0.25) is 5.69 Å². The van der Waals surface area contributed by atoms with E-state index in [1.807, 2.05) is 73.6 Å². The number of aromatic nitrogens is 1. The Morgan fingerprint density at radius 2 is 1.24 bits per heavy atom. The maximum absolute atomic E-state index is 12.0. The molecule has 0 radical (unpaired) electrons. The molecule has 4 N–H and O–H groups in total. The van der Waals surface area contributed by atoms with E-state index < -0.39 is 62.8 Å². The fourth-order valence-corrected chi connectivity index (χ4v) is 12.1. The zero-order valence-corrected chi connectivity index (χ0v) is 44.5. The van der Waals surface area contributed by atoms with E-state index in [0.29, 0.717) is 23.6 Å². The van der Waals surface area contributed by atoms with Gasteiger partial charge in [0.15, 0.2) is 5.71 Å². The molecule has 0 unspecified atom stereocenters. The Bertz CT molecular complexity index is 3530. The van der Waals surface area contributed by atoms with E-state index in [-0.39, 0.29) is 87.1 Å². The number of hydrogen-bond donors (Lipinski definition) is 4. The molecule has 0 bridgehead atoms. The topological polar surface area (TPSA) is 237 Å². The molecule has 0 saturated heterocycles. The molecule has 3 aliphatic rings.